The number of carbonyl (C=O) groups is 1. The highest BCUT2D eigenvalue weighted by Crippen LogP contribution is 2.25. The quantitative estimate of drug-likeness (QED) is 0.695. The summed E-state index contributed by atoms with van der Waals surface area (Å²) in [6, 6.07) is 1.32. The van der Waals surface area contributed by atoms with Crippen molar-refractivity contribution in [3.8, 4) is 0 Å². The van der Waals surface area contributed by atoms with Gasteiger partial charge in [-0.25, -0.2) is 0 Å². The molecule has 0 saturated carbocycles. The van der Waals surface area contributed by atoms with Crippen LogP contribution in [0.25, 0.3) is 0 Å². The van der Waals surface area contributed by atoms with E-state index in [-0.39, 0.29) is 0 Å². The van der Waals surface area contributed by atoms with Crippen LogP contribution in [0.3, 0.4) is 0 Å². The first-order chi connectivity index (χ1) is 13.4. The monoisotopic (exact) mass is 392 g/mol. The Kier molecular flexibility index (Phi) is 8.19. The van der Waals surface area contributed by atoms with E-state index in [1.54, 1.807) is 0 Å². The van der Waals surface area contributed by atoms with Crippen LogP contribution >= 0.6 is 0 Å². The van der Waals surface area contributed by atoms with Gasteiger partial charge in [0.05, 0.1) is 0 Å². The Hall–Kier alpha value is -0.650. The van der Waals surface area contributed by atoms with Crippen molar-refractivity contribution in [3.63, 3.8) is 0 Å². The lowest BCUT2D eigenvalue weighted by Crippen LogP contribution is -2.50. The Morgan fingerprint density at radius 3 is 1.75 bits per heavy atom. The van der Waals surface area contributed by atoms with Gasteiger partial charge >= 0.3 is 0 Å². The standard InChI is InChI=1S/C23H44N4O/c1-19(2)25-9-5-21(6-10-25)17-23(28)27-11-7-22(8-12-27)18-24-13-15-26(16-14-24)20(3)4/h19-22H,5-18H2,1-4H3. The summed E-state index contributed by atoms with van der Waals surface area (Å²) in [7, 11) is 0. The third-order valence-corrected chi connectivity index (χ3v) is 7.46. The molecule has 0 N–H and O–H groups in total. The van der Waals surface area contributed by atoms with Crippen molar-refractivity contribution >= 4 is 5.91 Å². The molecule has 3 aliphatic rings. The zero-order chi connectivity index (χ0) is 20.1. The van der Waals surface area contributed by atoms with Crippen LogP contribution in [-0.4, -0.2) is 96.5 Å². The molecule has 162 valence electrons. The molecule has 0 aliphatic carbocycles. The number of likely N-dealkylation sites (tertiary alicyclic amines) is 2. The molecule has 28 heavy (non-hydrogen) atoms. The van der Waals surface area contributed by atoms with Crippen molar-refractivity contribution in [3.05, 3.63) is 0 Å². The number of nitrogens with zero attached hydrogens (tertiary/aromatic N) is 4. The molecule has 3 rings (SSSR count). The van der Waals surface area contributed by atoms with Crippen LogP contribution in [0, 0.1) is 11.8 Å². The lowest BCUT2D eigenvalue weighted by molar-refractivity contribution is -0.134. The first-order valence-electron chi connectivity index (χ1n) is 11.9. The molecule has 1 amide bonds. The van der Waals surface area contributed by atoms with Gasteiger partial charge in [-0.05, 0) is 78.3 Å². The maximum absolute atomic E-state index is 12.8. The molecule has 3 heterocycles. The molecule has 3 aliphatic heterocycles. The van der Waals surface area contributed by atoms with Crippen molar-refractivity contribution in [2.75, 3.05) is 58.9 Å². The molecule has 0 aromatic heterocycles. The van der Waals surface area contributed by atoms with Gasteiger partial charge in [0.1, 0.15) is 0 Å². The second kappa shape index (κ2) is 10.4. The number of piperazine rings is 1. The van der Waals surface area contributed by atoms with E-state index in [0.29, 0.717) is 23.9 Å². The largest absolute Gasteiger partial charge is 0.343 e. The summed E-state index contributed by atoms with van der Waals surface area (Å²) in [5.74, 6) is 1.81. The van der Waals surface area contributed by atoms with Crippen molar-refractivity contribution in [2.45, 2.75) is 71.9 Å². The third-order valence-electron chi connectivity index (χ3n) is 7.46. The lowest BCUT2D eigenvalue weighted by Gasteiger charge is -2.40. The molecule has 0 bridgehead atoms. The van der Waals surface area contributed by atoms with Crippen molar-refractivity contribution < 1.29 is 4.79 Å². The number of piperidine rings is 2. The summed E-state index contributed by atoms with van der Waals surface area (Å²) in [6.45, 7) is 19.6. The van der Waals surface area contributed by atoms with Crippen LogP contribution in [0.5, 0.6) is 0 Å². The molecule has 3 fully saturated rings. The van der Waals surface area contributed by atoms with E-state index >= 15 is 0 Å². The summed E-state index contributed by atoms with van der Waals surface area (Å²) in [5.41, 5.74) is 0. The summed E-state index contributed by atoms with van der Waals surface area (Å²) in [6.07, 6.45) is 5.57. The lowest BCUT2D eigenvalue weighted by atomic mass is 9.91. The average molecular weight is 393 g/mol. The smallest absolute Gasteiger partial charge is 0.222 e. The van der Waals surface area contributed by atoms with Crippen LogP contribution in [-0.2, 0) is 4.79 Å². The normalized spacial score (nSPS) is 25.1. The number of amides is 1. The van der Waals surface area contributed by atoms with E-state index in [0.717, 1.165) is 25.4 Å². The van der Waals surface area contributed by atoms with E-state index in [2.05, 4.69) is 47.3 Å². The van der Waals surface area contributed by atoms with Gasteiger partial charge in [-0.1, -0.05) is 0 Å². The minimum Gasteiger partial charge on any atom is -0.343 e. The number of hydrogen-bond acceptors (Lipinski definition) is 4. The molecule has 0 aromatic rings. The average Bonchev–Trinajstić information content (AvgIpc) is 2.69. The second-order valence-electron chi connectivity index (χ2n) is 10.0. The third kappa shape index (κ3) is 6.17. The van der Waals surface area contributed by atoms with Gasteiger partial charge in [-0.3, -0.25) is 9.69 Å². The van der Waals surface area contributed by atoms with E-state index in [4.69, 9.17) is 0 Å². The molecular weight excluding hydrogens is 348 g/mol. The summed E-state index contributed by atoms with van der Waals surface area (Å²) in [5, 5.41) is 0. The van der Waals surface area contributed by atoms with E-state index < -0.39 is 0 Å². The van der Waals surface area contributed by atoms with Gasteiger partial charge in [0, 0.05) is 64.3 Å². The molecule has 3 saturated heterocycles. The zero-order valence-corrected chi connectivity index (χ0v) is 18.9. The number of carbonyl (C=O) groups excluding carboxylic acids is 1. The minimum absolute atomic E-state index is 0.423. The molecule has 5 heteroatoms. The van der Waals surface area contributed by atoms with E-state index in [1.165, 1.54) is 71.5 Å². The van der Waals surface area contributed by atoms with Crippen LogP contribution in [0.15, 0.2) is 0 Å². The van der Waals surface area contributed by atoms with Crippen LogP contribution in [0.2, 0.25) is 0 Å². The highest BCUT2D eigenvalue weighted by molar-refractivity contribution is 5.76. The Morgan fingerprint density at radius 1 is 0.714 bits per heavy atom. The Morgan fingerprint density at radius 2 is 1.21 bits per heavy atom. The van der Waals surface area contributed by atoms with E-state index in [9.17, 15) is 4.79 Å². The first-order valence-corrected chi connectivity index (χ1v) is 11.9. The maximum Gasteiger partial charge on any atom is 0.222 e. The number of rotatable bonds is 6. The molecule has 0 unspecified atom stereocenters. The minimum atomic E-state index is 0.423. The fraction of sp³-hybridized carbons (Fsp3) is 0.957. The summed E-state index contributed by atoms with van der Waals surface area (Å²) < 4.78 is 0. The number of hydrogen-bond donors (Lipinski definition) is 0. The van der Waals surface area contributed by atoms with Gasteiger partial charge in [0.15, 0.2) is 0 Å². The van der Waals surface area contributed by atoms with Gasteiger partial charge < -0.3 is 14.7 Å². The summed E-state index contributed by atoms with van der Waals surface area (Å²) in [4.78, 5) is 22.7. The highest BCUT2D eigenvalue weighted by Gasteiger charge is 2.28. The molecule has 0 radical (unpaired) electrons. The Labute approximate surface area is 173 Å². The Balaban J connectivity index is 1.32. The SMILES string of the molecule is CC(C)N1CCC(CC(=O)N2CCC(CN3CCN(C(C)C)CC3)CC2)CC1. The molecule has 0 atom stereocenters. The molecule has 0 spiro atoms. The van der Waals surface area contributed by atoms with Gasteiger partial charge in [0.2, 0.25) is 5.91 Å². The predicted molar refractivity (Wildman–Crippen MR) is 117 cm³/mol. The van der Waals surface area contributed by atoms with Crippen molar-refractivity contribution in [2.24, 2.45) is 11.8 Å². The molecular formula is C23H44N4O. The van der Waals surface area contributed by atoms with Crippen LogP contribution < -0.4 is 0 Å². The fourth-order valence-electron chi connectivity index (χ4n) is 5.24. The topological polar surface area (TPSA) is 30.0 Å². The summed E-state index contributed by atoms with van der Waals surface area (Å²) >= 11 is 0. The van der Waals surface area contributed by atoms with E-state index in [1.807, 2.05) is 0 Å². The van der Waals surface area contributed by atoms with Gasteiger partial charge in [-0.15, -0.1) is 0 Å². The molecule has 5 nitrogen and oxygen atoms in total. The van der Waals surface area contributed by atoms with Gasteiger partial charge in [0.25, 0.3) is 0 Å². The predicted octanol–water partition coefficient (Wildman–Crippen LogP) is 2.76. The fourth-order valence-corrected chi connectivity index (χ4v) is 5.24. The van der Waals surface area contributed by atoms with Crippen LogP contribution in [0.4, 0.5) is 0 Å². The first kappa shape index (κ1) is 22.0. The molecule has 0 aromatic carbocycles. The highest BCUT2D eigenvalue weighted by atomic mass is 16.2. The van der Waals surface area contributed by atoms with Crippen molar-refractivity contribution in [1.29, 1.82) is 0 Å². The van der Waals surface area contributed by atoms with Crippen LogP contribution in [0.1, 0.15) is 59.8 Å². The van der Waals surface area contributed by atoms with Crippen molar-refractivity contribution in [1.82, 2.24) is 19.6 Å². The zero-order valence-electron chi connectivity index (χ0n) is 18.9. The Bertz CT molecular complexity index is 471. The maximum atomic E-state index is 12.8. The van der Waals surface area contributed by atoms with Gasteiger partial charge in [-0.2, -0.15) is 0 Å². The second-order valence-corrected chi connectivity index (χ2v) is 10.0.